The zero-order valence-corrected chi connectivity index (χ0v) is 15.6. The van der Waals surface area contributed by atoms with Gasteiger partial charge in [0.2, 0.25) is 11.8 Å². The third-order valence-electron chi connectivity index (χ3n) is 3.64. The van der Waals surface area contributed by atoms with Crippen LogP contribution in [0.5, 0.6) is 0 Å². The van der Waals surface area contributed by atoms with Crippen LogP contribution in [0.3, 0.4) is 0 Å². The van der Waals surface area contributed by atoms with Crippen LogP contribution in [0.15, 0.2) is 48.1 Å². The highest BCUT2D eigenvalue weighted by Crippen LogP contribution is 2.19. The highest BCUT2D eigenvalue weighted by Gasteiger charge is 2.11. The van der Waals surface area contributed by atoms with Crippen molar-refractivity contribution in [3.05, 3.63) is 59.4 Å². The topological polar surface area (TPSA) is 96.9 Å². The van der Waals surface area contributed by atoms with Gasteiger partial charge in [0.1, 0.15) is 6.42 Å². The molecule has 138 valence electrons. The largest absolute Gasteiger partial charge is 0.355 e. The van der Waals surface area contributed by atoms with Gasteiger partial charge in [0.15, 0.2) is 10.8 Å². The molecule has 0 radical (unpaired) electrons. The first-order chi connectivity index (χ1) is 13.1. The van der Waals surface area contributed by atoms with E-state index in [4.69, 9.17) is 0 Å². The van der Waals surface area contributed by atoms with Crippen LogP contribution in [0.25, 0.3) is 10.8 Å². The molecule has 0 saturated heterocycles. The molecule has 0 atom stereocenters. The summed E-state index contributed by atoms with van der Waals surface area (Å²) < 4.78 is 0. The highest BCUT2D eigenvalue weighted by molar-refractivity contribution is 7.13. The Bertz CT molecular complexity index is 927. The Morgan fingerprint density at radius 3 is 2.70 bits per heavy atom. The zero-order chi connectivity index (χ0) is 19.1. The zero-order valence-electron chi connectivity index (χ0n) is 14.8. The molecule has 2 heterocycles. The summed E-state index contributed by atoms with van der Waals surface area (Å²) >= 11 is 1.46. The first-order valence-electron chi connectivity index (χ1n) is 8.45. The van der Waals surface area contributed by atoms with E-state index in [9.17, 15) is 9.59 Å². The van der Waals surface area contributed by atoms with Gasteiger partial charge >= 0.3 is 0 Å². The van der Waals surface area contributed by atoms with E-state index < -0.39 is 0 Å². The van der Waals surface area contributed by atoms with Crippen LogP contribution in [-0.2, 0) is 16.0 Å². The lowest BCUT2D eigenvalue weighted by atomic mass is 10.2. The Morgan fingerprint density at radius 1 is 1.11 bits per heavy atom. The van der Waals surface area contributed by atoms with Crippen LogP contribution in [0, 0.1) is 6.92 Å². The van der Waals surface area contributed by atoms with Gasteiger partial charge in [-0.2, -0.15) is 0 Å². The summed E-state index contributed by atoms with van der Waals surface area (Å²) in [5.41, 5.74) is 2.58. The van der Waals surface area contributed by atoms with E-state index >= 15 is 0 Å². The number of carbonyl (C=O) groups is 2. The van der Waals surface area contributed by atoms with E-state index in [1.807, 2.05) is 30.5 Å². The Morgan fingerprint density at radius 2 is 1.93 bits per heavy atom. The van der Waals surface area contributed by atoms with E-state index in [0.29, 0.717) is 24.5 Å². The summed E-state index contributed by atoms with van der Waals surface area (Å²) in [5.74, 6) is -0.0668. The molecule has 0 unspecified atom stereocenters. The average Bonchev–Trinajstić information content (AvgIpc) is 3.11. The maximum atomic E-state index is 11.9. The molecule has 3 rings (SSSR count). The third-order valence-corrected chi connectivity index (χ3v) is 4.52. The number of thiazole rings is 1. The van der Waals surface area contributed by atoms with E-state index in [1.54, 1.807) is 24.5 Å². The van der Waals surface area contributed by atoms with Gasteiger partial charge in [-0.05, 0) is 30.7 Å². The van der Waals surface area contributed by atoms with Crippen LogP contribution in [0.4, 0.5) is 5.69 Å². The maximum Gasteiger partial charge on any atom is 0.233 e. The molecule has 0 aliphatic heterocycles. The minimum atomic E-state index is -0.338. The first-order valence-corrected chi connectivity index (χ1v) is 9.33. The number of carbonyl (C=O) groups excluding carboxylic acids is 2. The summed E-state index contributed by atoms with van der Waals surface area (Å²) in [6.45, 7) is 2.35. The Kier molecular flexibility index (Phi) is 6.22. The predicted molar refractivity (Wildman–Crippen MR) is 104 cm³/mol. The van der Waals surface area contributed by atoms with E-state index in [2.05, 4.69) is 25.6 Å². The number of hydrogen-bond donors (Lipinski definition) is 2. The molecule has 0 fully saturated rings. The highest BCUT2D eigenvalue weighted by atomic mass is 32.1. The number of benzene rings is 1. The number of aryl methyl sites for hydroxylation is 1. The Hall–Kier alpha value is -3.13. The summed E-state index contributed by atoms with van der Waals surface area (Å²) in [6.07, 6.45) is 3.71. The second kappa shape index (κ2) is 9.00. The van der Waals surface area contributed by atoms with Crippen LogP contribution < -0.4 is 10.6 Å². The monoisotopic (exact) mass is 381 g/mol. The lowest BCUT2D eigenvalue weighted by molar-refractivity contribution is -0.126. The van der Waals surface area contributed by atoms with Gasteiger partial charge in [-0.1, -0.05) is 12.1 Å². The van der Waals surface area contributed by atoms with Gasteiger partial charge < -0.3 is 10.6 Å². The van der Waals surface area contributed by atoms with Crippen molar-refractivity contribution in [2.45, 2.75) is 19.8 Å². The molecule has 2 N–H and O–H groups in total. The van der Waals surface area contributed by atoms with Gasteiger partial charge in [0.05, 0.1) is 5.69 Å². The van der Waals surface area contributed by atoms with Crippen molar-refractivity contribution < 1.29 is 9.59 Å². The third kappa shape index (κ3) is 5.68. The second-order valence-corrected chi connectivity index (χ2v) is 6.77. The van der Waals surface area contributed by atoms with Gasteiger partial charge in [-0.15, -0.1) is 11.3 Å². The van der Waals surface area contributed by atoms with E-state index in [1.165, 1.54) is 11.3 Å². The smallest absolute Gasteiger partial charge is 0.233 e. The van der Waals surface area contributed by atoms with Crippen molar-refractivity contribution in [1.29, 1.82) is 0 Å². The Labute approximate surface area is 160 Å². The second-order valence-electron chi connectivity index (χ2n) is 5.91. The van der Waals surface area contributed by atoms with Crippen LogP contribution in [-0.4, -0.2) is 33.3 Å². The molecule has 2 amide bonds. The molecule has 0 bridgehead atoms. The molecule has 0 aliphatic rings. The number of amides is 2. The van der Waals surface area contributed by atoms with Crippen molar-refractivity contribution in [3.8, 4) is 10.8 Å². The number of hydrogen-bond acceptors (Lipinski definition) is 6. The molecule has 2 aromatic heterocycles. The van der Waals surface area contributed by atoms with E-state index in [-0.39, 0.29) is 18.2 Å². The summed E-state index contributed by atoms with van der Waals surface area (Å²) in [5, 5.41) is 8.12. The number of nitrogens with one attached hydrogen (secondary N) is 2. The molecule has 7 nitrogen and oxygen atoms in total. The fourth-order valence-electron chi connectivity index (χ4n) is 2.40. The fraction of sp³-hybridized carbons (Fsp3) is 0.211. The molecular formula is C19H19N5O2S. The minimum absolute atomic E-state index is 0.214. The lowest BCUT2D eigenvalue weighted by Gasteiger charge is -2.06. The van der Waals surface area contributed by atoms with Crippen molar-refractivity contribution in [2.75, 3.05) is 11.9 Å². The standard InChI is InChI=1S/C19H19N5O2S/c1-13-4-2-5-14(10-13)23-17(26)11-16(25)20-9-6-15-12-27-19(24-15)18-21-7-3-8-22-18/h2-5,7-8,10,12H,6,9,11H2,1H3,(H,20,25)(H,23,26). The predicted octanol–water partition coefficient (Wildman–Crippen LogP) is 2.60. The van der Waals surface area contributed by atoms with Crippen molar-refractivity contribution in [3.63, 3.8) is 0 Å². The van der Waals surface area contributed by atoms with Crippen LogP contribution >= 0.6 is 11.3 Å². The van der Waals surface area contributed by atoms with Gasteiger partial charge in [0, 0.05) is 36.4 Å². The van der Waals surface area contributed by atoms with E-state index in [0.717, 1.165) is 16.3 Å². The maximum absolute atomic E-state index is 11.9. The average molecular weight is 381 g/mol. The molecule has 0 saturated carbocycles. The first kappa shape index (κ1) is 18.7. The van der Waals surface area contributed by atoms with Crippen molar-refractivity contribution in [2.24, 2.45) is 0 Å². The summed E-state index contributed by atoms with van der Waals surface area (Å²) in [6, 6.07) is 9.19. The van der Waals surface area contributed by atoms with Crippen LogP contribution in [0.1, 0.15) is 17.7 Å². The van der Waals surface area contributed by atoms with Gasteiger partial charge in [-0.3, -0.25) is 9.59 Å². The van der Waals surface area contributed by atoms with Crippen molar-refractivity contribution >= 4 is 28.8 Å². The molecule has 0 aliphatic carbocycles. The van der Waals surface area contributed by atoms with Crippen molar-refractivity contribution in [1.82, 2.24) is 20.3 Å². The Balaban J connectivity index is 1.42. The lowest BCUT2D eigenvalue weighted by Crippen LogP contribution is -2.29. The normalized spacial score (nSPS) is 10.4. The van der Waals surface area contributed by atoms with Crippen LogP contribution in [0.2, 0.25) is 0 Å². The molecular weight excluding hydrogens is 362 g/mol. The SMILES string of the molecule is Cc1cccc(NC(=O)CC(=O)NCCc2csc(-c3ncccn3)n2)c1. The number of anilines is 1. The minimum Gasteiger partial charge on any atom is -0.355 e. The molecule has 3 aromatic rings. The number of nitrogens with zero attached hydrogens (tertiary/aromatic N) is 3. The summed E-state index contributed by atoms with van der Waals surface area (Å²) in [7, 11) is 0. The number of rotatable bonds is 7. The molecule has 8 heteroatoms. The fourth-order valence-corrected chi connectivity index (χ4v) is 3.20. The molecule has 0 spiro atoms. The molecule has 27 heavy (non-hydrogen) atoms. The summed E-state index contributed by atoms with van der Waals surface area (Å²) in [4.78, 5) is 36.6. The quantitative estimate of drug-likeness (QED) is 0.613. The number of aromatic nitrogens is 3. The molecule has 1 aromatic carbocycles. The van der Waals surface area contributed by atoms with Gasteiger partial charge in [0.25, 0.3) is 0 Å². The van der Waals surface area contributed by atoms with Gasteiger partial charge in [-0.25, -0.2) is 15.0 Å².